The fraction of sp³-hybridized carbons (Fsp3) is 0.133. The van der Waals surface area contributed by atoms with Crippen molar-refractivity contribution in [3.63, 3.8) is 0 Å². The molecule has 0 unspecified atom stereocenters. The Kier molecular flexibility index (Phi) is 4.47. The second kappa shape index (κ2) is 6.29. The molecule has 0 aliphatic rings. The number of carbonyl (C=O) groups is 1. The van der Waals surface area contributed by atoms with Gasteiger partial charge in [-0.2, -0.15) is 0 Å². The van der Waals surface area contributed by atoms with Gasteiger partial charge in [-0.1, -0.05) is 25.1 Å². The van der Waals surface area contributed by atoms with Crippen LogP contribution in [0.2, 0.25) is 0 Å². The first kappa shape index (κ1) is 13.5. The third kappa shape index (κ3) is 3.51. The summed E-state index contributed by atoms with van der Waals surface area (Å²) >= 11 is 1.75. The Morgan fingerprint density at radius 3 is 2.74 bits per heavy atom. The van der Waals surface area contributed by atoms with E-state index in [1.54, 1.807) is 30.0 Å². The summed E-state index contributed by atoms with van der Waals surface area (Å²) in [5, 5.41) is 12.3. The van der Waals surface area contributed by atoms with Crippen LogP contribution in [0, 0.1) is 0 Å². The van der Waals surface area contributed by atoms with Crippen LogP contribution in [-0.2, 0) is 0 Å². The Bertz CT molecular complexity index is 584. The van der Waals surface area contributed by atoms with Crippen LogP contribution in [0.15, 0.2) is 53.4 Å². The summed E-state index contributed by atoms with van der Waals surface area (Å²) in [6.45, 7) is 2.10. The highest BCUT2D eigenvalue weighted by atomic mass is 32.2. The topological polar surface area (TPSA) is 49.3 Å². The van der Waals surface area contributed by atoms with Crippen molar-refractivity contribution < 1.29 is 9.90 Å². The average Bonchev–Trinajstić information content (AvgIpc) is 2.40. The van der Waals surface area contributed by atoms with E-state index in [0.29, 0.717) is 5.69 Å². The molecule has 0 saturated carbocycles. The van der Waals surface area contributed by atoms with Gasteiger partial charge in [0.15, 0.2) is 0 Å². The predicted molar refractivity (Wildman–Crippen MR) is 79.5 cm³/mol. The maximum atomic E-state index is 11.1. The number of rotatable bonds is 5. The number of anilines is 2. The minimum Gasteiger partial charge on any atom is -0.478 e. The zero-order chi connectivity index (χ0) is 13.7. The van der Waals surface area contributed by atoms with Crippen molar-refractivity contribution in [2.24, 2.45) is 0 Å². The molecule has 2 aromatic rings. The number of nitrogens with one attached hydrogen (secondary N) is 1. The summed E-state index contributed by atoms with van der Waals surface area (Å²) in [4.78, 5) is 12.3. The predicted octanol–water partition coefficient (Wildman–Crippen LogP) is 4.24. The molecule has 0 amide bonds. The van der Waals surface area contributed by atoms with E-state index in [0.717, 1.165) is 11.4 Å². The van der Waals surface area contributed by atoms with Gasteiger partial charge < -0.3 is 10.4 Å². The maximum absolute atomic E-state index is 11.1. The summed E-state index contributed by atoms with van der Waals surface area (Å²) in [5.74, 6) is 0.0806. The Morgan fingerprint density at radius 2 is 2.00 bits per heavy atom. The zero-order valence-electron chi connectivity index (χ0n) is 10.6. The molecule has 0 bridgehead atoms. The lowest BCUT2D eigenvalue weighted by atomic mass is 10.1. The number of carboxylic acids is 1. The van der Waals surface area contributed by atoms with Crippen LogP contribution in [0.3, 0.4) is 0 Å². The van der Waals surface area contributed by atoms with Crippen LogP contribution in [0.1, 0.15) is 17.3 Å². The summed E-state index contributed by atoms with van der Waals surface area (Å²) in [6, 6.07) is 14.9. The summed E-state index contributed by atoms with van der Waals surface area (Å²) < 4.78 is 0. The number of aromatic carboxylic acids is 1. The molecule has 0 atom stereocenters. The van der Waals surface area contributed by atoms with Crippen LogP contribution in [0.5, 0.6) is 0 Å². The lowest BCUT2D eigenvalue weighted by Gasteiger charge is -2.10. The van der Waals surface area contributed by atoms with Gasteiger partial charge in [0.2, 0.25) is 0 Å². The normalized spacial score (nSPS) is 10.2. The van der Waals surface area contributed by atoms with Gasteiger partial charge in [-0.25, -0.2) is 4.79 Å². The number of para-hydroxylation sites is 1. The second-order valence-corrected chi connectivity index (χ2v) is 5.27. The Labute approximate surface area is 116 Å². The first-order chi connectivity index (χ1) is 9.20. The van der Waals surface area contributed by atoms with E-state index in [9.17, 15) is 4.79 Å². The summed E-state index contributed by atoms with van der Waals surface area (Å²) in [5.41, 5.74) is 1.77. The van der Waals surface area contributed by atoms with Gasteiger partial charge in [0.05, 0.1) is 11.3 Å². The fourth-order valence-electron chi connectivity index (χ4n) is 1.76. The Balaban J connectivity index is 2.26. The molecule has 0 saturated heterocycles. The minimum atomic E-state index is -0.929. The van der Waals surface area contributed by atoms with E-state index >= 15 is 0 Å². The first-order valence-corrected chi connectivity index (χ1v) is 7.01. The smallest absolute Gasteiger partial charge is 0.337 e. The van der Waals surface area contributed by atoms with Gasteiger partial charge in [-0.05, 0) is 36.1 Å². The molecule has 98 valence electrons. The van der Waals surface area contributed by atoms with Crippen molar-refractivity contribution in [2.45, 2.75) is 11.8 Å². The molecule has 4 heteroatoms. The van der Waals surface area contributed by atoms with Crippen LogP contribution in [0.4, 0.5) is 11.4 Å². The van der Waals surface area contributed by atoms with Crippen LogP contribution >= 0.6 is 11.8 Å². The fourth-order valence-corrected chi connectivity index (χ4v) is 2.48. The molecule has 0 aliphatic heterocycles. The quantitative estimate of drug-likeness (QED) is 0.800. The van der Waals surface area contributed by atoms with E-state index in [2.05, 4.69) is 12.2 Å². The van der Waals surface area contributed by atoms with Crippen molar-refractivity contribution >= 4 is 29.1 Å². The highest BCUT2D eigenvalue weighted by Crippen LogP contribution is 2.25. The number of benzene rings is 2. The molecule has 0 radical (unpaired) electrons. The molecular weight excluding hydrogens is 258 g/mol. The molecule has 0 heterocycles. The lowest BCUT2D eigenvalue weighted by molar-refractivity contribution is 0.0698. The standard InChI is InChI=1S/C15H15NO2S/c1-2-19-12-7-5-6-11(10-12)16-14-9-4-3-8-13(14)15(17)18/h3-10,16H,2H2,1H3,(H,17,18). The maximum Gasteiger partial charge on any atom is 0.337 e. The van der Waals surface area contributed by atoms with E-state index in [-0.39, 0.29) is 5.56 Å². The number of thioether (sulfide) groups is 1. The third-order valence-electron chi connectivity index (χ3n) is 2.58. The van der Waals surface area contributed by atoms with Crippen molar-refractivity contribution in [2.75, 3.05) is 11.1 Å². The van der Waals surface area contributed by atoms with Gasteiger partial charge in [0.25, 0.3) is 0 Å². The second-order valence-electron chi connectivity index (χ2n) is 3.94. The van der Waals surface area contributed by atoms with E-state index in [1.807, 2.05) is 30.3 Å². The van der Waals surface area contributed by atoms with E-state index in [4.69, 9.17) is 5.11 Å². The van der Waals surface area contributed by atoms with Gasteiger partial charge in [0, 0.05) is 10.6 Å². The minimum absolute atomic E-state index is 0.274. The van der Waals surface area contributed by atoms with Gasteiger partial charge in [-0.3, -0.25) is 0 Å². The number of hydrogen-bond acceptors (Lipinski definition) is 3. The van der Waals surface area contributed by atoms with Crippen molar-refractivity contribution in [1.82, 2.24) is 0 Å². The molecule has 0 aliphatic carbocycles. The van der Waals surface area contributed by atoms with E-state index < -0.39 is 5.97 Å². The highest BCUT2D eigenvalue weighted by molar-refractivity contribution is 7.99. The monoisotopic (exact) mass is 273 g/mol. The zero-order valence-corrected chi connectivity index (χ0v) is 11.4. The molecule has 0 fully saturated rings. The van der Waals surface area contributed by atoms with Gasteiger partial charge in [-0.15, -0.1) is 11.8 Å². The average molecular weight is 273 g/mol. The van der Waals surface area contributed by atoms with Crippen molar-refractivity contribution in [1.29, 1.82) is 0 Å². The van der Waals surface area contributed by atoms with Crippen LogP contribution in [-0.4, -0.2) is 16.8 Å². The number of carboxylic acid groups (broad SMARTS) is 1. The first-order valence-electron chi connectivity index (χ1n) is 6.03. The number of hydrogen-bond donors (Lipinski definition) is 2. The SMILES string of the molecule is CCSc1cccc(Nc2ccccc2C(=O)O)c1. The van der Waals surface area contributed by atoms with Crippen molar-refractivity contribution in [3.05, 3.63) is 54.1 Å². The largest absolute Gasteiger partial charge is 0.478 e. The third-order valence-corrected chi connectivity index (χ3v) is 3.46. The lowest BCUT2D eigenvalue weighted by Crippen LogP contribution is -2.02. The van der Waals surface area contributed by atoms with Gasteiger partial charge in [0.1, 0.15) is 0 Å². The molecule has 2 N–H and O–H groups in total. The molecule has 0 aromatic heterocycles. The molecule has 3 nitrogen and oxygen atoms in total. The molecule has 0 spiro atoms. The Morgan fingerprint density at radius 1 is 1.21 bits per heavy atom. The summed E-state index contributed by atoms with van der Waals surface area (Å²) in [6.07, 6.45) is 0. The molecular formula is C15H15NO2S. The van der Waals surface area contributed by atoms with Gasteiger partial charge >= 0.3 is 5.97 Å². The van der Waals surface area contributed by atoms with Crippen molar-refractivity contribution in [3.8, 4) is 0 Å². The highest BCUT2D eigenvalue weighted by Gasteiger charge is 2.08. The molecule has 2 aromatic carbocycles. The van der Waals surface area contributed by atoms with Crippen LogP contribution < -0.4 is 5.32 Å². The molecule has 19 heavy (non-hydrogen) atoms. The Hall–Kier alpha value is -1.94. The van der Waals surface area contributed by atoms with Crippen LogP contribution in [0.25, 0.3) is 0 Å². The molecule has 2 rings (SSSR count). The van der Waals surface area contributed by atoms with E-state index in [1.165, 1.54) is 4.90 Å². The summed E-state index contributed by atoms with van der Waals surface area (Å²) in [7, 11) is 0.